The maximum Gasteiger partial charge on any atom is 0.171 e. The van der Waals surface area contributed by atoms with Crippen molar-refractivity contribution >= 4 is 29.6 Å². The first-order valence-electron chi connectivity index (χ1n) is 6.61. The maximum atomic E-state index is 6.74. The van der Waals surface area contributed by atoms with Gasteiger partial charge in [-0.1, -0.05) is 32.7 Å². The molecule has 1 fully saturated rings. The molecule has 1 unspecified atom stereocenters. The average molecular weight is 303 g/mol. The Morgan fingerprint density at radius 2 is 1.29 bits per heavy atom. The Bertz CT molecular complexity index is 346. The second-order valence-corrected chi connectivity index (χ2v) is 46.2. The van der Waals surface area contributed by atoms with Crippen LogP contribution in [0.2, 0.25) is 45.8 Å². The molecule has 1 saturated heterocycles. The van der Waals surface area contributed by atoms with E-state index in [-0.39, 0.29) is 5.22 Å². The van der Waals surface area contributed by atoms with Gasteiger partial charge in [-0.2, -0.15) is 0 Å². The lowest BCUT2D eigenvalue weighted by Gasteiger charge is -2.65. The molecule has 0 bridgehead atoms. The van der Waals surface area contributed by atoms with E-state index in [1.54, 1.807) is 0 Å². The molecule has 0 saturated carbocycles. The molecule has 100 valence electrons. The van der Waals surface area contributed by atoms with Crippen LogP contribution in [0.25, 0.3) is 0 Å². The summed E-state index contributed by atoms with van der Waals surface area (Å²) in [5.74, 6) is 0. The molecular weight excluding hydrogens is 272 g/mol. The third kappa shape index (κ3) is 1.69. The quantitative estimate of drug-likeness (QED) is 0.665. The van der Waals surface area contributed by atoms with Crippen molar-refractivity contribution in [2.24, 2.45) is 0 Å². The van der Waals surface area contributed by atoms with Gasteiger partial charge in [-0.05, 0) is 26.9 Å². The van der Waals surface area contributed by atoms with Crippen LogP contribution in [0.1, 0.15) is 13.8 Å². The summed E-state index contributed by atoms with van der Waals surface area (Å²) in [5, 5.41) is 0.0860. The van der Waals surface area contributed by atoms with Crippen molar-refractivity contribution in [3.63, 3.8) is 0 Å². The fourth-order valence-corrected chi connectivity index (χ4v) is 73.2. The Hall–Kier alpha value is 0.568. The third-order valence-corrected chi connectivity index (χ3v) is 72.4. The van der Waals surface area contributed by atoms with Crippen molar-refractivity contribution in [3.8, 4) is 0 Å². The summed E-state index contributed by atoms with van der Waals surface area (Å²) in [4.78, 5) is 0. The topological polar surface area (TPSA) is 9.23 Å². The van der Waals surface area contributed by atoms with Gasteiger partial charge in [0.25, 0.3) is 0 Å². The lowest BCUT2D eigenvalue weighted by molar-refractivity contribution is 0.184. The molecule has 0 spiro atoms. The van der Waals surface area contributed by atoms with E-state index in [1.807, 2.05) is 0 Å². The standard InChI is InChI=1S/C12H30OSi4/c1-11-17(10)12(2,3)13-14(4,5)15(6,7)16(17,8)9/h11H,1H2,2-10H3. The predicted octanol–water partition coefficient (Wildman–Crippen LogP) is 4.00. The van der Waals surface area contributed by atoms with Crippen LogP contribution in [0.3, 0.4) is 0 Å². The number of hydrogen-bond acceptors (Lipinski definition) is 1. The van der Waals surface area contributed by atoms with E-state index in [2.05, 4.69) is 72.0 Å². The first kappa shape index (κ1) is 15.6. The molecular formula is C12H30OSi4. The van der Waals surface area contributed by atoms with Crippen molar-refractivity contribution < 1.29 is 4.43 Å². The zero-order valence-corrected chi connectivity index (χ0v) is 17.2. The molecule has 1 atom stereocenters. The molecule has 0 aliphatic carbocycles. The monoisotopic (exact) mass is 302 g/mol. The highest BCUT2D eigenvalue weighted by molar-refractivity contribution is 7.84. The lowest BCUT2D eigenvalue weighted by Crippen LogP contribution is -2.90. The summed E-state index contributed by atoms with van der Waals surface area (Å²) in [6.45, 7) is 26.9. The van der Waals surface area contributed by atoms with Crippen LogP contribution in [0.4, 0.5) is 0 Å². The molecule has 1 rings (SSSR count). The molecule has 0 amide bonds. The number of rotatable bonds is 1. The van der Waals surface area contributed by atoms with Gasteiger partial charge in [-0.3, -0.25) is 0 Å². The Morgan fingerprint density at radius 3 is 1.65 bits per heavy atom. The van der Waals surface area contributed by atoms with Crippen molar-refractivity contribution in [1.29, 1.82) is 0 Å². The van der Waals surface area contributed by atoms with E-state index in [9.17, 15) is 0 Å². The smallest absolute Gasteiger partial charge is 0.171 e. The van der Waals surface area contributed by atoms with E-state index in [1.165, 1.54) is 0 Å². The van der Waals surface area contributed by atoms with Crippen LogP contribution in [0.5, 0.6) is 0 Å². The van der Waals surface area contributed by atoms with Crippen LogP contribution in [-0.2, 0) is 4.43 Å². The van der Waals surface area contributed by atoms with E-state index in [0.29, 0.717) is 0 Å². The van der Waals surface area contributed by atoms with E-state index in [4.69, 9.17) is 4.43 Å². The Balaban J connectivity index is 3.53. The molecule has 17 heavy (non-hydrogen) atoms. The predicted molar refractivity (Wildman–Crippen MR) is 89.4 cm³/mol. The third-order valence-electron chi connectivity index (χ3n) is 6.54. The second-order valence-electron chi connectivity index (χ2n) is 7.78. The molecule has 0 aromatic carbocycles. The molecule has 1 nitrogen and oxygen atoms in total. The van der Waals surface area contributed by atoms with Crippen molar-refractivity contribution in [1.82, 2.24) is 0 Å². The van der Waals surface area contributed by atoms with E-state index in [0.717, 1.165) is 0 Å². The van der Waals surface area contributed by atoms with Crippen LogP contribution in [0.15, 0.2) is 12.3 Å². The highest BCUT2D eigenvalue weighted by Crippen LogP contribution is 2.48. The maximum absolute atomic E-state index is 6.74. The molecule has 0 radical (unpaired) electrons. The largest absolute Gasteiger partial charge is 0.418 e. The minimum Gasteiger partial charge on any atom is -0.418 e. The van der Waals surface area contributed by atoms with Gasteiger partial charge in [0, 0.05) is 12.3 Å². The second kappa shape index (κ2) is 3.79. The van der Waals surface area contributed by atoms with Crippen LogP contribution in [-0.4, -0.2) is 34.9 Å². The molecule has 0 aromatic rings. The minimum atomic E-state index is -1.51. The van der Waals surface area contributed by atoms with E-state index < -0.39 is 29.6 Å². The van der Waals surface area contributed by atoms with Gasteiger partial charge >= 0.3 is 0 Å². The molecule has 1 aliphatic rings. The zero-order chi connectivity index (χ0) is 13.9. The summed E-state index contributed by atoms with van der Waals surface area (Å²) in [5.41, 5.74) is 2.34. The highest BCUT2D eigenvalue weighted by Gasteiger charge is 2.70. The van der Waals surface area contributed by atoms with Crippen LogP contribution < -0.4 is 0 Å². The fourth-order valence-electron chi connectivity index (χ4n) is 3.53. The molecule has 5 heteroatoms. The van der Waals surface area contributed by atoms with Crippen LogP contribution >= 0.6 is 0 Å². The van der Waals surface area contributed by atoms with Gasteiger partial charge in [0.2, 0.25) is 0 Å². The Kier molecular flexibility index (Phi) is 3.48. The van der Waals surface area contributed by atoms with Crippen molar-refractivity contribution in [2.45, 2.75) is 64.9 Å². The van der Waals surface area contributed by atoms with E-state index >= 15 is 0 Å². The summed E-state index contributed by atoms with van der Waals surface area (Å²) in [6, 6.07) is 0. The normalized spacial score (nSPS) is 37.5. The average Bonchev–Trinajstić information content (AvgIpc) is 2.12. The summed E-state index contributed by atoms with van der Waals surface area (Å²) in [7, 11) is -5.51. The first-order chi connectivity index (χ1) is 7.27. The van der Waals surface area contributed by atoms with Gasteiger partial charge in [0.1, 0.15) is 0 Å². The van der Waals surface area contributed by atoms with Gasteiger partial charge in [0.15, 0.2) is 7.83 Å². The summed E-state index contributed by atoms with van der Waals surface area (Å²) >= 11 is 0. The Morgan fingerprint density at radius 1 is 0.882 bits per heavy atom. The fraction of sp³-hybridized carbons (Fsp3) is 0.833. The lowest BCUT2D eigenvalue weighted by atomic mass is 10.5. The van der Waals surface area contributed by atoms with Gasteiger partial charge in [-0.15, -0.1) is 12.3 Å². The number of hydrogen-bond donors (Lipinski definition) is 0. The zero-order valence-electron chi connectivity index (χ0n) is 13.2. The van der Waals surface area contributed by atoms with Gasteiger partial charge in [-0.25, -0.2) is 0 Å². The molecule has 1 aliphatic heterocycles. The molecule has 1 heterocycles. The molecule has 0 aromatic heterocycles. The molecule has 0 N–H and O–H groups in total. The SMILES string of the molecule is C=C[Si]1(C)C(C)(C)O[Si](C)(C)[Si](C)(C)[Si]1(C)C. The summed E-state index contributed by atoms with van der Waals surface area (Å²) < 4.78 is 6.74. The first-order valence-corrected chi connectivity index (χ1v) is 21.1. The Labute approximate surface area is 111 Å². The highest BCUT2D eigenvalue weighted by atomic mass is 29.8. The van der Waals surface area contributed by atoms with Crippen molar-refractivity contribution in [3.05, 3.63) is 12.3 Å². The minimum absolute atomic E-state index is 0.0860. The van der Waals surface area contributed by atoms with Gasteiger partial charge in [0.05, 0.1) is 14.7 Å². The summed E-state index contributed by atoms with van der Waals surface area (Å²) in [6.07, 6.45) is 0. The van der Waals surface area contributed by atoms with Gasteiger partial charge < -0.3 is 4.43 Å². The van der Waals surface area contributed by atoms with Crippen molar-refractivity contribution in [2.75, 3.05) is 0 Å². The van der Waals surface area contributed by atoms with Crippen LogP contribution in [0, 0.1) is 0 Å².